The molecule has 6 nitrogen and oxygen atoms in total. The Hall–Kier alpha value is -0.480. The monoisotopic (exact) mass is 396 g/mol. The topological polar surface area (TPSA) is 75.7 Å². The molecule has 21 heavy (non-hydrogen) atoms. The molecule has 1 fully saturated rings. The molecule has 1 aromatic rings. The number of hydrogen-bond donors (Lipinski definition) is 1. The second-order valence-corrected chi connectivity index (χ2v) is 9.11. The first-order valence-electron chi connectivity index (χ1n) is 6.51. The first-order chi connectivity index (χ1) is 9.87. The summed E-state index contributed by atoms with van der Waals surface area (Å²) in [5.41, 5.74) is 0.862. The van der Waals surface area contributed by atoms with Gasteiger partial charge in [0.25, 0.3) is 10.0 Å². The molecule has 1 aliphatic rings. The van der Waals surface area contributed by atoms with Crippen LogP contribution in [0.3, 0.4) is 0 Å². The van der Waals surface area contributed by atoms with Crippen LogP contribution in [0.2, 0.25) is 0 Å². The van der Waals surface area contributed by atoms with Gasteiger partial charge in [0, 0.05) is 13.1 Å². The van der Waals surface area contributed by atoms with Gasteiger partial charge in [0.15, 0.2) is 0 Å². The lowest BCUT2D eigenvalue weighted by Gasteiger charge is -2.33. The summed E-state index contributed by atoms with van der Waals surface area (Å²) in [6, 6.07) is 0.804. The van der Waals surface area contributed by atoms with Gasteiger partial charge in [0.2, 0.25) is 5.91 Å². The molecule has 1 saturated heterocycles. The number of nitrogens with zero attached hydrogens (tertiary/aromatic N) is 1. The molecule has 2 rings (SSSR count). The fraction of sp³-hybridized carbons (Fsp3) is 0.583. The number of carbonyl (C=O) groups is 1. The van der Waals surface area contributed by atoms with Crippen LogP contribution in [0.4, 0.5) is 0 Å². The maximum absolute atomic E-state index is 12.8. The molecule has 0 radical (unpaired) electrons. The Morgan fingerprint density at radius 2 is 2.33 bits per heavy atom. The molecular weight excluding hydrogens is 380 g/mol. The molecule has 118 valence electrons. The second kappa shape index (κ2) is 6.74. The average Bonchev–Trinajstić information content (AvgIpc) is 2.80. The zero-order chi connectivity index (χ0) is 15.6. The molecular formula is C12H17BrN2O4S2. The van der Waals surface area contributed by atoms with Crippen LogP contribution in [-0.4, -0.2) is 51.0 Å². The molecule has 1 aromatic heterocycles. The second-order valence-electron chi connectivity index (χ2n) is 4.62. The number of thiophene rings is 1. The summed E-state index contributed by atoms with van der Waals surface area (Å²) >= 11 is 4.49. The van der Waals surface area contributed by atoms with Crippen LogP contribution < -0.4 is 5.32 Å². The maximum atomic E-state index is 12.8. The molecule has 9 heteroatoms. The summed E-state index contributed by atoms with van der Waals surface area (Å²) in [4.78, 5) is 12.1. The van der Waals surface area contributed by atoms with E-state index in [1.807, 2.05) is 6.92 Å². The first-order valence-corrected chi connectivity index (χ1v) is 9.56. The summed E-state index contributed by atoms with van der Waals surface area (Å²) in [6.45, 7) is 4.63. The summed E-state index contributed by atoms with van der Waals surface area (Å²) in [7, 11) is -3.70. The van der Waals surface area contributed by atoms with Crippen LogP contribution in [0.5, 0.6) is 0 Å². The van der Waals surface area contributed by atoms with Gasteiger partial charge in [-0.2, -0.15) is 4.31 Å². The number of rotatable bonds is 4. The summed E-state index contributed by atoms with van der Waals surface area (Å²) in [5, 5.41) is 2.65. The minimum Gasteiger partial charge on any atom is -0.378 e. The van der Waals surface area contributed by atoms with Crippen molar-refractivity contribution in [2.45, 2.75) is 24.1 Å². The zero-order valence-corrected chi connectivity index (χ0v) is 15.0. The van der Waals surface area contributed by atoms with E-state index < -0.39 is 16.1 Å². The van der Waals surface area contributed by atoms with E-state index >= 15 is 0 Å². The number of sulfonamides is 1. The largest absolute Gasteiger partial charge is 0.378 e. The number of hydrogen-bond acceptors (Lipinski definition) is 5. The van der Waals surface area contributed by atoms with Gasteiger partial charge in [0.05, 0.1) is 17.0 Å². The predicted octanol–water partition coefficient (Wildman–Crippen LogP) is 1.34. The Morgan fingerprint density at radius 1 is 1.62 bits per heavy atom. The highest BCUT2D eigenvalue weighted by Gasteiger charge is 2.39. The highest BCUT2D eigenvalue weighted by Crippen LogP contribution is 2.33. The lowest BCUT2D eigenvalue weighted by molar-refractivity contribution is -0.129. The highest BCUT2D eigenvalue weighted by atomic mass is 79.9. The van der Waals surface area contributed by atoms with Crippen molar-refractivity contribution in [3.05, 3.63) is 15.4 Å². The number of likely N-dealkylation sites (N-methyl/N-ethyl adjacent to an activating group) is 1. The molecule has 0 aromatic carbocycles. The Labute approximate surface area is 136 Å². The Kier molecular flexibility index (Phi) is 5.42. The van der Waals surface area contributed by atoms with Gasteiger partial charge in [-0.15, -0.1) is 11.3 Å². The standard InChI is InChI=1S/C12H17BrN2O4S2/c1-3-14-12(16)9-7-19-5-4-15(9)21(17,18)10-6-8(2)11(13)20-10/h6,9H,3-5,7H2,1-2H3,(H,14,16). The minimum absolute atomic E-state index is 0.0800. The average molecular weight is 397 g/mol. The number of halogens is 1. The number of ether oxygens (including phenoxy) is 1. The van der Waals surface area contributed by atoms with E-state index in [-0.39, 0.29) is 23.3 Å². The van der Waals surface area contributed by atoms with E-state index in [0.29, 0.717) is 13.2 Å². The van der Waals surface area contributed by atoms with Gasteiger partial charge in [-0.05, 0) is 41.4 Å². The van der Waals surface area contributed by atoms with Crippen molar-refractivity contribution < 1.29 is 17.9 Å². The highest BCUT2D eigenvalue weighted by molar-refractivity contribution is 9.11. The van der Waals surface area contributed by atoms with Crippen LogP contribution in [0.1, 0.15) is 12.5 Å². The van der Waals surface area contributed by atoms with E-state index in [0.717, 1.165) is 20.7 Å². The summed E-state index contributed by atoms with van der Waals surface area (Å²) in [6.07, 6.45) is 0. The quantitative estimate of drug-likeness (QED) is 0.832. The molecule has 2 heterocycles. The van der Waals surface area contributed by atoms with E-state index in [1.54, 1.807) is 13.0 Å². The Bertz CT molecular complexity index is 610. The molecule has 1 atom stereocenters. The lowest BCUT2D eigenvalue weighted by Crippen LogP contribution is -2.55. The third-order valence-corrected chi connectivity index (χ3v) is 7.62. The van der Waals surface area contributed by atoms with Crippen molar-refractivity contribution in [2.24, 2.45) is 0 Å². The number of morpholine rings is 1. The Morgan fingerprint density at radius 3 is 2.90 bits per heavy atom. The molecule has 0 bridgehead atoms. The van der Waals surface area contributed by atoms with Crippen molar-refractivity contribution in [3.63, 3.8) is 0 Å². The van der Waals surface area contributed by atoms with Crippen LogP contribution in [0.25, 0.3) is 0 Å². The molecule has 0 aliphatic carbocycles. The van der Waals surface area contributed by atoms with Crippen molar-refractivity contribution >= 4 is 43.2 Å². The number of nitrogens with one attached hydrogen (secondary N) is 1. The number of carbonyl (C=O) groups excluding carboxylic acids is 1. The van der Waals surface area contributed by atoms with Crippen molar-refractivity contribution in [1.82, 2.24) is 9.62 Å². The Balaban J connectivity index is 2.33. The van der Waals surface area contributed by atoms with Gasteiger partial charge in [0.1, 0.15) is 10.3 Å². The number of aryl methyl sites for hydroxylation is 1. The SMILES string of the molecule is CCNC(=O)C1COCCN1S(=O)(=O)c1cc(C)c(Br)s1. The predicted molar refractivity (Wildman–Crippen MR) is 83.9 cm³/mol. The van der Waals surface area contributed by atoms with E-state index in [9.17, 15) is 13.2 Å². The third-order valence-electron chi connectivity index (χ3n) is 3.13. The molecule has 1 aliphatic heterocycles. The van der Waals surface area contributed by atoms with Gasteiger partial charge in [-0.25, -0.2) is 8.42 Å². The van der Waals surface area contributed by atoms with Crippen molar-refractivity contribution in [3.8, 4) is 0 Å². The molecule has 1 unspecified atom stereocenters. The maximum Gasteiger partial charge on any atom is 0.253 e. The number of amides is 1. The summed E-state index contributed by atoms with van der Waals surface area (Å²) in [5.74, 6) is -0.326. The zero-order valence-electron chi connectivity index (χ0n) is 11.8. The molecule has 0 saturated carbocycles. The van der Waals surface area contributed by atoms with Crippen LogP contribution in [-0.2, 0) is 19.6 Å². The van der Waals surface area contributed by atoms with Gasteiger partial charge in [-0.3, -0.25) is 4.79 Å². The van der Waals surface area contributed by atoms with Crippen LogP contribution >= 0.6 is 27.3 Å². The normalized spacial score (nSPS) is 20.4. The third kappa shape index (κ3) is 3.48. The fourth-order valence-corrected chi connectivity index (χ4v) is 5.96. The van der Waals surface area contributed by atoms with Gasteiger partial charge in [-0.1, -0.05) is 0 Å². The molecule has 1 amide bonds. The van der Waals surface area contributed by atoms with Crippen LogP contribution in [0, 0.1) is 6.92 Å². The first kappa shape index (κ1) is 16.9. The van der Waals surface area contributed by atoms with Crippen molar-refractivity contribution in [2.75, 3.05) is 26.3 Å². The van der Waals surface area contributed by atoms with E-state index in [2.05, 4.69) is 21.2 Å². The summed E-state index contributed by atoms with van der Waals surface area (Å²) < 4.78 is 33.0. The van der Waals surface area contributed by atoms with E-state index in [1.165, 1.54) is 4.31 Å². The smallest absolute Gasteiger partial charge is 0.253 e. The van der Waals surface area contributed by atoms with E-state index in [4.69, 9.17) is 4.74 Å². The fourth-order valence-electron chi connectivity index (χ4n) is 2.05. The molecule has 0 spiro atoms. The molecule has 1 N–H and O–H groups in total. The van der Waals surface area contributed by atoms with Crippen molar-refractivity contribution in [1.29, 1.82) is 0 Å². The van der Waals surface area contributed by atoms with Gasteiger partial charge >= 0.3 is 0 Å². The lowest BCUT2D eigenvalue weighted by atomic mass is 10.2. The van der Waals surface area contributed by atoms with Gasteiger partial charge < -0.3 is 10.1 Å². The minimum atomic E-state index is -3.70. The van der Waals surface area contributed by atoms with Crippen LogP contribution in [0.15, 0.2) is 14.1 Å².